The molecule has 0 N–H and O–H groups in total. The molecule has 1 aromatic heterocycles. The van der Waals surface area contributed by atoms with Crippen LogP contribution in [0.15, 0.2) is 28.8 Å². The molecule has 0 amide bonds. The van der Waals surface area contributed by atoms with E-state index in [-0.39, 0.29) is 12.0 Å². The van der Waals surface area contributed by atoms with Crippen LogP contribution in [0.3, 0.4) is 0 Å². The zero-order valence-corrected chi connectivity index (χ0v) is 14.6. The average Bonchev–Trinajstić information content (AvgIpc) is 3.24. The Morgan fingerprint density at radius 3 is 2.67 bits per heavy atom. The molecule has 0 radical (unpaired) electrons. The third kappa shape index (κ3) is 3.87. The van der Waals surface area contributed by atoms with Crippen LogP contribution in [0, 0.1) is 0 Å². The van der Waals surface area contributed by atoms with Crippen molar-refractivity contribution in [3.8, 4) is 11.5 Å². The van der Waals surface area contributed by atoms with E-state index in [4.69, 9.17) is 14.0 Å². The van der Waals surface area contributed by atoms with E-state index < -0.39 is 0 Å². The summed E-state index contributed by atoms with van der Waals surface area (Å²) >= 11 is 0. The van der Waals surface area contributed by atoms with Gasteiger partial charge in [-0.3, -0.25) is 4.90 Å². The van der Waals surface area contributed by atoms with Gasteiger partial charge in [-0.1, -0.05) is 19.0 Å². The van der Waals surface area contributed by atoms with E-state index in [0.717, 1.165) is 49.1 Å². The second kappa shape index (κ2) is 7.66. The molecule has 1 fully saturated rings. The van der Waals surface area contributed by atoms with Gasteiger partial charge < -0.3 is 14.0 Å². The fourth-order valence-corrected chi connectivity index (χ4v) is 2.94. The monoisotopic (exact) mass is 331 g/mol. The van der Waals surface area contributed by atoms with Crippen LogP contribution in [-0.2, 0) is 0 Å². The Bertz CT molecular complexity index is 639. The number of ether oxygens (including phenoxy) is 2. The van der Waals surface area contributed by atoms with Gasteiger partial charge in [-0.15, -0.1) is 0 Å². The number of methoxy groups -OCH3 is 1. The number of nitrogens with zero attached hydrogens (tertiary/aromatic N) is 3. The number of hydrogen-bond donors (Lipinski definition) is 0. The summed E-state index contributed by atoms with van der Waals surface area (Å²) in [6.45, 7) is 6.66. The lowest BCUT2D eigenvalue weighted by Gasteiger charge is -2.21. The van der Waals surface area contributed by atoms with Crippen LogP contribution in [0.5, 0.6) is 11.5 Å². The third-order valence-electron chi connectivity index (χ3n) is 4.33. The molecule has 3 rings (SSSR count). The van der Waals surface area contributed by atoms with Gasteiger partial charge in [-0.05, 0) is 43.7 Å². The SMILES string of the molecule is COc1ccc(OCCN2CCC[C@@H]2c2nc(C(C)C)no2)cc1. The summed E-state index contributed by atoms with van der Waals surface area (Å²) in [5, 5.41) is 4.08. The summed E-state index contributed by atoms with van der Waals surface area (Å²) in [6.07, 6.45) is 2.20. The molecule has 6 nitrogen and oxygen atoms in total. The van der Waals surface area contributed by atoms with Crippen LogP contribution in [0.2, 0.25) is 0 Å². The molecule has 0 unspecified atom stereocenters. The molecule has 1 aliphatic rings. The molecule has 2 aromatic rings. The number of rotatable bonds is 7. The van der Waals surface area contributed by atoms with E-state index in [1.54, 1.807) is 7.11 Å². The van der Waals surface area contributed by atoms with Gasteiger partial charge in [0.1, 0.15) is 18.1 Å². The number of benzene rings is 1. The van der Waals surface area contributed by atoms with Gasteiger partial charge in [0.2, 0.25) is 5.89 Å². The molecule has 0 spiro atoms. The predicted molar refractivity (Wildman–Crippen MR) is 90.4 cm³/mol. The fourth-order valence-electron chi connectivity index (χ4n) is 2.94. The largest absolute Gasteiger partial charge is 0.497 e. The van der Waals surface area contributed by atoms with Crippen molar-refractivity contribution in [1.29, 1.82) is 0 Å². The molecule has 1 aliphatic heterocycles. The van der Waals surface area contributed by atoms with E-state index in [9.17, 15) is 0 Å². The van der Waals surface area contributed by atoms with Crippen LogP contribution >= 0.6 is 0 Å². The van der Waals surface area contributed by atoms with Gasteiger partial charge in [0.25, 0.3) is 0 Å². The standard InChI is InChI=1S/C18H25N3O3/c1-13(2)17-19-18(24-20-17)16-5-4-10-21(16)11-12-23-15-8-6-14(22-3)7-9-15/h6-9,13,16H,4-5,10-12H2,1-3H3/t16-/m1/s1. The molecular weight excluding hydrogens is 306 g/mol. The molecule has 0 bridgehead atoms. The molecule has 130 valence electrons. The summed E-state index contributed by atoms with van der Waals surface area (Å²) in [4.78, 5) is 6.92. The Morgan fingerprint density at radius 1 is 1.25 bits per heavy atom. The van der Waals surface area contributed by atoms with Crippen LogP contribution in [0.4, 0.5) is 0 Å². The van der Waals surface area contributed by atoms with Crippen LogP contribution in [0.25, 0.3) is 0 Å². The zero-order valence-electron chi connectivity index (χ0n) is 14.6. The Balaban J connectivity index is 1.53. The lowest BCUT2D eigenvalue weighted by Crippen LogP contribution is -2.28. The van der Waals surface area contributed by atoms with Crippen molar-refractivity contribution in [2.75, 3.05) is 26.8 Å². The molecule has 1 saturated heterocycles. The average molecular weight is 331 g/mol. The van der Waals surface area contributed by atoms with E-state index in [0.29, 0.717) is 6.61 Å². The van der Waals surface area contributed by atoms with Gasteiger partial charge in [0.05, 0.1) is 13.2 Å². The highest BCUT2D eigenvalue weighted by Crippen LogP contribution is 2.31. The molecule has 0 saturated carbocycles. The van der Waals surface area contributed by atoms with Crippen LogP contribution in [-0.4, -0.2) is 41.8 Å². The van der Waals surface area contributed by atoms with Crippen molar-refractivity contribution in [3.05, 3.63) is 36.0 Å². The molecule has 24 heavy (non-hydrogen) atoms. The van der Waals surface area contributed by atoms with Crippen molar-refractivity contribution >= 4 is 0 Å². The first-order chi connectivity index (χ1) is 11.7. The maximum absolute atomic E-state index is 5.83. The van der Waals surface area contributed by atoms with Gasteiger partial charge >= 0.3 is 0 Å². The maximum Gasteiger partial charge on any atom is 0.244 e. The molecule has 6 heteroatoms. The second-order valence-electron chi connectivity index (χ2n) is 6.36. The van der Waals surface area contributed by atoms with Gasteiger partial charge in [0.15, 0.2) is 5.82 Å². The Labute approximate surface area is 142 Å². The van der Waals surface area contributed by atoms with Crippen LogP contribution in [0.1, 0.15) is 50.4 Å². The van der Waals surface area contributed by atoms with Gasteiger partial charge in [-0.2, -0.15) is 4.98 Å². The summed E-state index contributed by atoms with van der Waals surface area (Å²) in [6, 6.07) is 7.87. The lowest BCUT2D eigenvalue weighted by atomic mass is 10.2. The van der Waals surface area contributed by atoms with E-state index in [1.165, 1.54) is 0 Å². The van der Waals surface area contributed by atoms with Gasteiger partial charge in [-0.25, -0.2) is 0 Å². The van der Waals surface area contributed by atoms with Crippen molar-refractivity contribution < 1.29 is 14.0 Å². The first-order valence-corrected chi connectivity index (χ1v) is 8.52. The van der Waals surface area contributed by atoms with Crippen molar-refractivity contribution in [1.82, 2.24) is 15.0 Å². The van der Waals surface area contributed by atoms with Crippen LogP contribution < -0.4 is 9.47 Å². The third-order valence-corrected chi connectivity index (χ3v) is 4.33. The van der Waals surface area contributed by atoms with Crippen molar-refractivity contribution in [2.45, 2.75) is 38.6 Å². The van der Waals surface area contributed by atoms with E-state index in [2.05, 4.69) is 28.9 Å². The summed E-state index contributed by atoms with van der Waals surface area (Å²) in [5.74, 6) is 3.49. The predicted octanol–water partition coefficient (Wildman–Crippen LogP) is 3.42. The summed E-state index contributed by atoms with van der Waals surface area (Å²) in [5.41, 5.74) is 0. The quantitative estimate of drug-likeness (QED) is 0.775. The Morgan fingerprint density at radius 2 is 2.00 bits per heavy atom. The smallest absolute Gasteiger partial charge is 0.244 e. The Hall–Kier alpha value is -2.08. The number of likely N-dealkylation sites (tertiary alicyclic amines) is 1. The minimum Gasteiger partial charge on any atom is -0.497 e. The highest BCUT2D eigenvalue weighted by Gasteiger charge is 2.30. The maximum atomic E-state index is 5.83. The number of hydrogen-bond acceptors (Lipinski definition) is 6. The van der Waals surface area contributed by atoms with E-state index >= 15 is 0 Å². The highest BCUT2D eigenvalue weighted by atomic mass is 16.5. The molecule has 1 aromatic carbocycles. The van der Waals surface area contributed by atoms with Gasteiger partial charge in [0, 0.05) is 12.5 Å². The Kier molecular flexibility index (Phi) is 5.35. The highest BCUT2D eigenvalue weighted by molar-refractivity contribution is 5.31. The molecule has 1 atom stereocenters. The molecular formula is C18H25N3O3. The first-order valence-electron chi connectivity index (χ1n) is 8.52. The molecule has 2 heterocycles. The topological polar surface area (TPSA) is 60.6 Å². The molecule has 0 aliphatic carbocycles. The van der Waals surface area contributed by atoms with Crippen molar-refractivity contribution in [3.63, 3.8) is 0 Å². The minimum atomic E-state index is 0.212. The number of aromatic nitrogens is 2. The van der Waals surface area contributed by atoms with Crippen molar-refractivity contribution in [2.24, 2.45) is 0 Å². The second-order valence-corrected chi connectivity index (χ2v) is 6.36. The normalized spacial score (nSPS) is 18.2. The minimum absolute atomic E-state index is 0.212. The van der Waals surface area contributed by atoms with E-state index in [1.807, 2.05) is 24.3 Å². The fraction of sp³-hybridized carbons (Fsp3) is 0.556. The first kappa shape index (κ1) is 16.8. The zero-order chi connectivity index (χ0) is 16.9. The summed E-state index contributed by atoms with van der Waals surface area (Å²) < 4.78 is 16.5. The summed E-state index contributed by atoms with van der Waals surface area (Å²) in [7, 11) is 1.66. The lowest BCUT2D eigenvalue weighted by molar-refractivity contribution is 0.172.